The van der Waals surface area contributed by atoms with Crippen molar-refractivity contribution >= 4 is 10.9 Å². The van der Waals surface area contributed by atoms with Gasteiger partial charge in [-0.05, 0) is 69.0 Å². The molecule has 0 amide bonds. The number of H-pyrrole nitrogens is 1. The summed E-state index contributed by atoms with van der Waals surface area (Å²) in [5.74, 6) is 0.648. The van der Waals surface area contributed by atoms with Crippen molar-refractivity contribution in [3.63, 3.8) is 0 Å². The Balaban J connectivity index is 1.71. The van der Waals surface area contributed by atoms with Crippen LogP contribution in [0, 0.1) is 6.92 Å². The van der Waals surface area contributed by atoms with Gasteiger partial charge in [-0.1, -0.05) is 48.4 Å². The predicted octanol–water partition coefficient (Wildman–Crippen LogP) is 5.88. The summed E-state index contributed by atoms with van der Waals surface area (Å²) in [5, 5.41) is 1.45. The normalized spacial score (nSPS) is 23.9. The van der Waals surface area contributed by atoms with E-state index < -0.39 is 0 Å². The van der Waals surface area contributed by atoms with Crippen molar-refractivity contribution < 1.29 is 0 Å². The number of aryl methyl sites for hydroxylation is 1. The first-order valence-electron chi connectivity index (χ1n) is 10.2. The molecule has 0 aliphatic carbocycles. The third-order valence-electron chi connectivity index (χ3n) is 6.52. The molecule has 1 unspecified atom stereocenters. The lowest BCUT2D eigenvalue weighted by molar-refractivity contribution is 0.0900. The van der Waals surface area contributed by atoms with Crippen LogP contribution < -0.4 is 0 Å². The van der Waals surface area contributed by atoms with Gasteiger partial charge in [0.05, 0.1) is 5.69 Å². The molecule has 2 heteroatoms. The maximum Gasteiger partial charge on any atom is 0.0500 e. The van der Waals surface area contributed by atoms with E-state index in [1.165, 1.54) is 72.9 Å². The van der Waals surface area contributed by atoms with Crippen molar-refractivity contribution in [1.29, 1.82) is 0 Å². The molecule has 3 heterocycles. The van der Waals surface area contributed by atoms with Gasteiger partial charge in [-0.3, -0.25) is 4.90 Å². The number of nitrogens with zero attached hydrogens (tertiary/aromatic N) is 1. The van der Waals surface area contributed by atoms with Gasteiger partial charge in [-0.25, -0.2) is 0 Å². The summed E-state index contributed by atoms with van der Waals surface area (Å²) in [6, 6.07) is 18.5. The van der Waals surface area contributed by atoms with E-state index in [1.54, 1.807) is 5.56 Å². The summed E-state index contributed by atoms with van der Waals surface area (Å²) >= 11 is 0. The Bertz CT molecular complexity index is 907. The van der Waals surface area contributed by atoms with Crippen LogP contribution in [0.1, 0.15) is 49.1 Å². The summed E-state index contributed by atoms with van der Waals surface area (Å²) < 4.78 is 0. The average molecular weight is 345 g/mol. The number of fused-ring (bicyclic) bond motifs is 2. The first kappa shape index (κ1) is 16.1. The second-order valence-corrected chi connectivity index (χ2v) is 8.18. The van der Waals surface area contributed by atoms with Gasteiger partial charge in [0.1, 0.15) is 0 Å². The second-order valence-electron chi connectivity index (χ2n) is 8.18. The summed E-state index contributed by atoms with van der Waals surface area (Å²) in [7, 11) is 0. The Morgan fingerprint density at radius 1 is 0.923 bits per heavy atom. The molecule has 1 aromatic heterocycles. The molecular formula is C24H28N2. The van der Waals surface area contributed by atoms with Crippen molar-refractivity contribution in [3.05, 3.63) is 59.7 Å². The molecule has 2 nitrogen and oxygen atoms in total. The molecule has 2 atom stereocenters. The summed E-state index contributed by atoms with van der Waals surface area (Å²) in [5.41, 5.74) is 6.89. The molecule has 2 fully saturated rings. The molecule has 0 saturated carbocycles. The number of hydrogen-bond donors (Lipinski definition) is 1. The molecule has 0 spiro atoms. The van der Waals surface area contributed by atoms with E-state index in [-0.39, 0.29) is 0 Å². The number of hydrogen-bond acceptors (Lipinski definition) is 1. The maximum atomic E-state index is 3.78. The zero-order chi connectivity index (χ0) is 17.5. The van der Waals surface area contributed by atoms with Crippen molar-refractivity contribution in [2.45, 2.75) is 51.0 Å². The Labute approximate surface area is 156 Å². The zero-order valence-electron chi connectivity index (χ0n) is 15.7. The van der Waals surface area contributed by atoms with Gasteiger partial charge in [-0.2, -0.15) is 0 Å². The number of aromatic nitrogens is 1. The Hall–Kier alpha value is -2.06. The number of aromatic amines is 1. The summed E-state index contributed by atoms with van der Waals surface area (Å²) in [6.45, 7) is 4.80. The van der Waals surface area contributed by atoms with Crippen LogP contribution in [0.4, 0.5) is 0 Å². The van der Waals surface area contributed by atoms with E-state index in [0.29, 0.717) is 5.92 Å². The van der Waals surface area contributed by atoms with Gasteiger partial charge in [-0.15, -0.1) is 0 Å². The van der Waals surface area contributed by atoms with Crippen molar-refractivity contribution in [3.8, 4) is 11.3 Å². The Morgan fingerprint density at radius 2 is 1.77 bits per heavy atom. The molecule has 0 radical (unpaired) electrons. The zero-order valence-corrected chi connectivity index (χ0v) is 15.7. The molecule has 26 heavy (non-hydrogen) atoms. The molecule has 3 aromatic rings. The number of nitrogens with one attached hydrogen (secondary N) is 1. The van der Waals surface area contributed by atoms with Crippen LogP contribution in [0.5, 0.6) is 0 Å². The molecule has 2 aromatic carbocycles. The van der Waals surface area contributed by atoms with Crippen LogP contribution in [0.25, 0.3) is 22.2 Å². The van der Waals surface area contributed by atoms with Crippen LogP contribution in [0.15, 0.2) is 48.5 Å². The molecule has 5 rings (SSSR count). The van der Waals surface area contributed by atoms with E-state index in [1.807, 2.05) is 0 Å². The van der Waals surface area contributed by atoms with Gasteiger partial charge >= 0.3 is 0 Å². The van der Waals surface area contributed by atoms with Crippen LogP contribution in [0.3, 0.4) is 0 Å². The second kappa shape index (κ2) is 6.59. The lowest BCUT2D eigenvalue weighted by Crippen LogP contribution is -2.46. The molecule has 2 saturated heterocycles. The van der Waals surface area contributed by atoms with Crippen LogP contribution >= 0.6 is 0 Å². The molecular weight excluding hydrogens is 316 g/mol. The van der Waals surface area contributed by atoms with E-state index in [9.17, 15) is 0 Å². The Kier molecular flexibility index (Phi) is 4.09. The first-order valence-corrected chi connectivity index (χ1v) is 10.2. The third-order valence-corrected chi connectivity index (χ3v) is 6.52. The number of piperidine rings is 2. The van der Waals surface area contributed by atoms with Crippen molar-refractivity contribution in [2.75, 3.05) is 13.1 Å². The highest BCUT2D eigenvalue weighted by atomic mass is 15.2. The minimum atomic E-state index is 0.648. The highest BCUT2D eigenvalue weighted by Gasteiger charge is 2.36. The Morgan fingerprint density at radius 3 is 2.65 bits per heavy atom. The lowest BCUT2D eigenvalue weighted by atomic mass is 9.77. The topological polar surface area (TPSA) is 19.0 Å². The quantitative estimate of drug-likeness (QED) is 0.615. The van der Waals surface area contributed by atoms with E-state index in [2.05, 4.69) is 65.3 Å². The maximum absolute atomic E-state index is 3.78. The SMILES string of the molecule is Cc1ccc2[nH]c(-c3ccccc3)c([C@@H]3CCCN4CCCCC34)c2c1. The third kappa shape index (κ3) is 2.68. The first-order chi connectivity index (χ1) is 12.8. The fraction of sp³-hybridized carbons (Fsp3) is 0.417. The smallest absolute Gasteiger partial charge is 0.0500 e. The van der Waals surface area contributed by atoms with Crippen molar-refractivity contribution in [2.24, 2.45) is 0 Å². The minimum absolute atomic E-state index is 0.648. The summed E-state index contributed by atoms with van der Waals surface area (Å²) in [4.78, 5) is 6.56. The van der Waals surface area contributed by atoms with Gasteiger partial charge in [0, 0.05) is 22.9 Å². The average Bonchev–Trinajstić information content (AvgIpc) is 3.06. The van der Waals surface area contributed by atoms with Crippen LogP contribution in [-0.4, -0.2) is 29.0 Å². The molecule has 2 aliphatic rings. The highest BCUT2D eigenvalue weighted by Crippen LogP contribution is 2.44. The monoisotopic (exact) mass is 344 g/mol. The van der Waals surface area contributed by atoms with E-state index >= 15 is 0 Å². The van der Waals surface area contributed by atoms with E-state index in [4.69, 9.17) is 0 Å². The highest BCUT2D eigenvalue weighted by molar-refractivity contribution is 5.92. The van der Waals surface area contributed by atoms with Crippen LogP contribution in [0.2, 0.25) is 0 Å². The lowest BCUT2D eigenvalue weighted by Gasteiger charge is -2.44. The minimum Gasteiger partial charge on any atom is -0.354 e. The van der Waals surface area contributed by atoms with Gasteiger partial charge in [0.25, 0.3) is 0 Å². The molecule has 1 N–H and O–H groups in total. The summed E-state index contributed by atoms with van der Waals surface area (Å²) in [6.07, 6.45) is 6.77. The fourth-order valence-electron chi connectivity index (χ4n) is 5.34. The molecule has 134 valence electrons. The molecule has 0 bridgehead atoms. The fourth-order valence-corrected chi connectivity index (χ4v) is 5.34. The standard InChI is InChI=1S/C24H28N2/c1-17-12-13-21-20(16-17)23(24(25-21)18-8-3-2-4-9-18)19-10-7-15-26-14-6-5-11-22(19)26/h2-4,8-9,12-13,16,19,22,25H,5-7,10-11,14-15H2,1H3/t19-,22?/m1/s1. The predicted molar refractivity (Wildman–Crippen MR) is 110 cm³/mol. The van der Waals surface area contributed by atoms with Gasteiger partial charge in [0.2, 0.25) is 0 Å². The van der Waals surface area contributed by atoms with Gasteiger partial charge in [0.15, 0.2) is 0 Å². The van der Waals surface area contributed by atoms with E-state index in [0.717, 1.165) is 6.04 Å². The van der Waals surface area contributed by atoms with Gasteiger partial charge < -0.3 is 4.98 Å². The van der Waals surface area contributed by atoms with Crippen molar-refractivity contribution in [1.82, 2.24) is 9.88 Å². The molecule has 2 aliphatic heterocycles. The van der Waals surface area contributed by atoms with Crippen LogP contribution in [-0.2, 0) is 0 Å². The number of benzene rings is 2. The largest absolute Gasteiger partial charge is 0.354 e. The number of rotatable bonds is 2.